The third-order valence-corrected chi connectivity index (χ3v) is 6.03. The Hall–Kier alpha value is -1.41. The molecule has 7 nitrogen and oxygen atoms in total. The number of aryl methyl sites for hydroxylation is 2. The third-order valence-electron chi connectivity index (χ3n) is 5.11. The van der Waals surface area contributed by atoms with E-state index < -0.39 is 9.84 Å². The molecule has 0 aliphatic carbocycles. The van der Waals surface area contributed by atoms with Gasteiger partial charge in [-0.1, -0.05) is 0 Å². The number of piperidine rings is 1. The van der Waals surface area contributed by atoms with Crippen molar-refractivity contribution in [3.05, 3.63) is 17.5 Å². The molecule has 0 aromatic carbocycles. The fourth-order valence-electron chi connectivity index (χ4n) is 3.91. The lowest BCUT2D eigenvalue weighted by atomic mass is 9.72. The number of likely N-dealkylation sites (tertiary alicyclic amines) is 2. The molecule has 0 radical (unpaired) electrons. The number of carbonyl (C=O) groups excluding carboxylic acids is 1. The zero-order valence-corrected chi connectivity index (χ0v) is 15.5. The van der Waals surface area contributed by atoms with Gasteiger partial charge in [0.25, 0.3) is 0 Å². The molecule has 0 saturated carbocycles. The highest BCUT2D eigenvalue weighted by molar-refractivity contribution is 7.90. The van der Waals surface area contributed by atoms with E-state index >= 15 is 0 Å². The zero-order valence-electron chi connectivity index (χ0n) is 14.7. The molecule has 1 atom stereocenters. The molecule has 2 aliphatic heterocycles. The molecule has 1 unspecified atom stereocenters. The second kappa shape index (κ2) is 6.15. The topological polar surface area (TPSA) is 75.5 Å². The summed E-state index contributed by atoms with van der Waals surface area (Å²) in [5, 5.41) is 4.38. The summed E-state index contributed by atoms with van der Waals surface area (Å²) in [5.74, 6) is 0.171. The normalized spacial score (nSPS) is 25.3. The molecule has 0 bridgehead atoms. The van der Waals surface area contributed by atoms with E-state index in [4.69, 9.17) is 0 Å². The van der Waals surface area contributed by atoms with Crippen molar-refractivity contribution in [3.63, 3.8) is 0 Å². The van der Waals surface area contributed by atoms with Crippen LogP contribution >= 0.6 is 0 Å². The van der Waals surface area contributed by atoms with Crippen LogP contribution in [0.4, 0.5) is 0 Å². The summed E-state index contributed by atoms with van der Waals surface area (Å²) in [7, 11) is -1.08. The fourth-order valence-corrected chi connectivity index (χ4v) is 4.46. The molecule has 3 heterocycles. The maximum Gasteiger partial charge on any atom is 0.231 e. The van der Waals surface area contributed by atoms with Gasteiger partial charge in [0.1, 0.15) is 9.84 Å². The Balaban J connectivity index is 1.60. The Morgan fingerprint density at radius 1 is 1.33 bits per heavy atom. The van der Waals surface area contributed by atoms with Crippen LogP contribution in [0, 0.1) is 12.3 Å². The summed E-state index contributed by atoms with van der Waals surface area (Å²) in [6.45, 7) is 5.53. The van der Waals surface area contributed by atoms with Gasteiger partial charge < -0.3 is 4.90 Å². The van der Waals surface area contributed by atoms with E-state index in [1.54, 1.807) is 4.90 Å². The van der Waals surface area contributed by atoms with Crippen LogP contribution in [0.3, 0.4) is 0 Å². The van der Waals surface area contributed by atoms with Gasteiger partial charge in [0, 0.05) is 39.5 Å². The number of sulfone groups is 1. The summed E-state index contributed by atoms with van der Waals surface area (Å²) >= 11 is 0. The monoisotopic (exact) mass is 354 g/mol. The van der Waals surface area contributed by atoms with Gasteiger partial charge in [0.05, 0.1) is 22.6 Å². The molecule has 2 saturated heterocycles. The molecular formula is C16H26N4O3S. The largest absolute Gasteiger partial charge is 0.340 e. The number of carbonyl (C=O) groups is 1. The van der Waals surface area contributed by atoms with E-state index in [-0.39, 0.29) is 17.1 Å². The first kappa shape index (κ1) is 17.4. The molecule has 8 heteroatoms. The minimum Gasteiger partial charge on any atom is -0.340 e. The predicted octanol–water partition coefficient (Wildman–Crippen LogP) is 0.198. The molecule has 1 amide bonds. The Labute approximate surface area is 143 Å². The van der Waals surface area contributed by atoms with E-state index in [1.807, 2.05) is 18.7 Å². The smallest absolute Gasteiger partial charge is 0.231 e. The van der Waals surface area contributed by atoms with Gasteiger partial charge in [-0.05, 0) is 32.4 Å². The van der Waals surface area contributed by atoms with Crippen molar-refractivity contribution in [3.8, 4) is 0 Å². The summed E-state index contributed by atoms with van der Waals surface area (Å²) in [4.78, 5) is 16.6. The number of amides is 1. The lowest BCUT2D eigenvalue weighted by molar-refractivity contribution is -0.165. The van der Waals surface area contributed by atoms with E-state index in [2.05, 4.69) is 16.1 Å². The van der Waals surface area contributed by atoms with Gasteiger partial charge in [0.15, 0.2) is 0 Å². The minimum atomic E-state index is -3.03. The molecule has 1 aromatic heterocycles. The van der Waals surface area contributed by atoms with Gasteiger partial charge in [-0.25, -0.2) is 8.42 Å². The van der Waals surface area contributed by atoms with Crippen molar-refractivity contribution < 1.29 is 13.2 Å². The van der Waals surface area contributed by atoms with Crippen LogP contribution < -0.4 is 0 Å². The molecule has 2 aliphatic rings. The first-order chi connectivity index (χ1) is 11.2. The number of hydrogen-bond donors (Lipinski definition) is 0. The minimum absolute atomic E-state index is 0.0484. The number of β-lactam (4-membered cyclic amide) rings is 1. The van der Waals surface area contributed by atoms with E-state index in [0.717, 1.165) is 43.9 Å². The summed E-state index contributed by atoms with van der Waals surface area (Å²) < 4.78 is 24.5. The summed E-state index contributed by atoms with van der Waals surface area (Å²) in [6.07, 6.45) is 3.12. The molecule has 0 N–H and O–H groups in total. The van der Waals surface area contributed by atoms with Crippen LogP contribution in [-0.2, 0) is 28.2 Å². The second-order valence-electron chi connectivity index (χ2n) is 7.35. The van der Waals surface area contributed by atoms with Gasteiger partial charge >= 0.3 is 0 Å². The number of nitrogens with zero attached hydrogens (tertiary/aromatic N) is 4. The van der Waals surface area contributed by atoms with Crippen molar-refractivity contribution in [2.24, 2.45) is 12.5 Å². The Kier molecular flexibility index (Phi) is 4.46. The maximum absolute atomic E-state index is 12.6. The van der Waals surface area contributed by atoms with Gasteiger partial charge in [-0.3, -0.25) is 14.4 Å². The van der Waals surface area contributed by atoms with Crippen LogP contribution in [0.2, 0.25) is 0 Å². The molecule has 2 fully saturated rings. The van der Waals surface area contributed by atoms with E-state index in [1.165, 1.54) is 6.26 Å². The van der Waals surface area contributed by atoms with E-state index in [0.29, 0.717) is 13.1 Å². The highest BCUT2D eigenvalue weighted by Gasteiger charge is 2.53. The lowest BCUT2D eigenvalue weighted by Crippen LogP contribution is -2.67. The van der Waals surface area contributed by atoms with Crippen molar-refractivity contribution in [1.29, 1.82) is 0 Å². The number of aromatic nitrogens is 2. The quantitative estimate of drug-likeness (QED) is 0.706. The average Bonchev–Trinajstić information content (AvgIpc) is 2.80. The number of rotatable bonds is 5. The fraction of sp³-hybridized carbons (Fsp3) is 0.750. The van der Waals surface area contributed by atoms with Crippen molar-refractivity contribution in [2.45, 2.75) is 26.3 Å². The molecule has 3 rings (SSSR count). The van der Waals surface area contributed by atoms with Crippen LogP contribution in [0.1, 0.15) is 24.2 Å². The summed E-state index contributed by atoms with van der Waals surface area (Å²) in [6, 6.07) is 2.09. The first-order valence-corrected chi connectivity index (χ1v) is 10.4. The Bertz CT molecular complexity index is 743. The van der Waals surface area contributed by atoms with Gasteiger partial charge in [-0.15, -0.1) is 0 Å². The van der Waals surface area contributed by atoms with Crippen LogP contribution in [0.25, 0.3) is 0 Å². The predicted molar refractivity (Wildman–Crippen MR) is 91.2 cm³/mol. The van der Waals surface area contributed by atoms with Crippen molar-refractivity contribution in [2.75, 3.05) is 38.2 Å². The zero-order chi connectivity index (χ0) is 17.5. The first-order valence-electron chi connectivity index (χ1n) is 8.38. The second-order valence-corrected chi connectivity index (χ2v) is 9.61. The van der Waals surface area contributed by atoms with Crippen LogP contribution in [0.5, 0.6) is 0 Å². The molecule has 1 aromatic rings. The standard InChI is InChI=1S/C16H26N4O3S/c1-13-9-14(18(2)17-13)10-19-6-4-5-16(11-19)12-20(15(16)21)7-8-24(3,22)23/h9H,4-8,10-12H2,1-3H3. The molecule has 134 valence electrons. The SMILES string of the molecule is Cc1cc(CN2CCCC3(C2)CN(CCS(C)(=O)=O)C3=O)n(C)n1. The highest BCUT2D eigenvalue weighted by Crippen LogP contribution is 2.40. The summed E-state index contributed by atoms with van der Waals surface area (Å²) in [5.41, 5.74) is 1.86. The Morgan fingerprint density at radius 2 is 2.08 bits per heavy atom. The molecule has 24 heavy (non-hydrogen) atoms. The van der Waals surface area contributed by atoms with E-state index in [9.17, 15) is 13.2 Å². The highest BCUT2D eigenvalue weighted by atomic mass is 32.2. The van der Waals surface area contributed by atoms with Gasteiger partial charge in [-0.2, -0.15) is 5.10 Å². The number of hydrogen-bond acceptors (Lipinski definition) is 5. The molecule has 1 spiro atoms. The third kappa shape index (κ3) is 3.49. The van der Waals surface area contributed by atoms with Crippen molar-refractivity contribution in [1.82, 2.24) is 19.6 Å². The molecular weight excluding hydrogens is 328 g/mol. The van der Waals surface area contributed by atoms with Crippen molar-refractivity contribution >= 4 is 15.7 Å². The van der Waals surface area contributed by atoms with Crippen LogP contribution in [0.15, 0.2) is 6.07 Å². The van der Waals surface area contributed by atoms with Crippen LogP contribution in [-0.4, -0.2) is 72.1 Å². The van der Waals surface area contributed by atoms with Gasteiger partial charge in [0.2, 0.25) is 5.91 Å². The Morgan fingerprint density at radius 3 is 2.67 bits per heavy atom. The maximum atomic E-state index is 12.6. The lowest BCUT2D eigenvalue weighted by Gasteiger charge is -2.53. The average molecular weight is 354 g/mol.